The van der Waals surface area contributed by atoms with Crippen molar-refractivity contribution >= 4 is 21.7 Å². The molecule has 0 aliphatic rings. The minimum Gasteiger partial charge on any atom is -0.227 e. The van der Waals surface area contributed by atoms with Crippen LogP contribution >= 0.6 is 0 Å². The van der Waals surface area contributed by atoms with Crippen molar-refractivity contribution in [1.29, 1.82) is 0 Å². The Hall–Kier alpha value is -6.78. The fourth-order valence-corrected chi connectivity index (χ4v) is 6.61. The fraction of sp³-hybridized carbons (Fsp3) is 0. The molecule has 4 nitrogen and oxygen atoms in total. The largest absolute Gasteiger partial charge is 0.238 e. The van der Waals surface area contributed by atoms with Crippen LogP contribution in [0.3, 0.4) is 0 Å². The van der Waals surface area contributed by atoms with Gasteiger partial charge in [0.05, 0.1) is 16.8 Å². The molecule has 0 atom stereocenters. The molecule has 0 aliphatic heterocycles. The SMILES string of the molecule is c1ccc(-c2cc(-c3ccccc3)n[n+](-c3cccc(-c4ccc5ccc6c(-c7ccccc7)nc(-c7ccccc7)nc6c5c4)c3)c2)cc1. The highest BCUT2D eigenvalue weighted by Gasteiger charge is 2.18. The van der Waals surface area contributed by atoms with Crippen molar-refractivity contribution in [1.82, 2.24) is 15.1 Å². The monoisotopic (exact) mass is 639 g/mol. The van der Waals surface area contributed by atoms with Gasteiger partial charge in [0.25, 0.3) is 0 Å². The van der Waals surface area contributed by atoms with Crippen molar-refractivity contribution in [3.05, 3.63) is 188 Å². The topological polar surface area (TPSA) is 42.5 Å². The van der Waals surface area contributed by atoms with Gasteiger partial charge in [-0.1, -0.05) is 156 Å². The van der Waals surface area contributed by atoms with E-state index in [0.29, 0.717) is 5.82 Å². The number of nitrogens with zero attached hydrogens (tertiary/aromatic N) is 4. The number of rotatable bonds is 6. The molecule has 9 aromatic rings. The highest BCUT2D eigenvalue weighted by Crippen LogP contribution is 2.35. The van der Waals surface area contributed by atoms with E-state index in [2.05, 4.69) is 152 Å². The average molecular weight is 640 g/mol. The average Bonchev–Trinajstić information content (AvgIpc) is 3.21. The lowest BCUT2D eigenvalue weighted by Gasteiger charge is -2.12. The van der Waals surface area contributed by atoms with Gasteiger partial charge in [0.1, 0.15) is 5.69 Å². The van der Waals surface area contributed by atoms with Crippen LogP contribution < -0.4 is 4.68 Å². The van der Waals surface area contributed by atoms with E-state index in [1.165, 1.54) is 0 Å². The van der Waals surface area contributed by atoms with Crippen LogP contribution in [0.25, 0.3) is 83.5 Å². The molecule has 0 aliphatic carbocycles. The van der Waals surface area contributed by atoms with Crippen LogP contribution in [0.15, 0.2) is 188 Å². The molecule has 0 N–H and O–H groups in total. The summed E-state index contributed by atoms with van der Waals surface area (Å²) in [6.45, 7) is 0. The van der Waals surface area contributed by atoms with E-state index in [1.807, 2.05) is 41.1 Å². The van der Waals surface area contributed by atoms with Gasteiger partial charge in [-0.3, -0.25) is 0 Å². The van der Waals surface area contributed by atoms with Gasteiger partial charge in [-0.05, 0) is 40.3 Å². The van der Waals surface area contributed by atoms with Crippen molar-refractivity contribution < 1.29 is 4.68 Å². The first-order valence-corrected chi connectivity index (χ1v) is 16.8. The van der Waals surface area contributed by atoms with Crippen LogP contribution in [0.1, 0.15) is 0 Å². The van der Waals surface area contributed by atoms with Crippen molar-refractivity contribution in [2.45, 2.75) is 0 Å². The number of benzene rings is 7. The van der Waals surface area contributed by atoms with Crippen molar-refractivity contribution in [2.24, 2.45) is 0 Å². The first-order valence-electron chi connectivity index (χ1n) is 16.8. The second-order valence-electron chi connectivity index (χ2n) is 12.4. The second kappa shape index (κ2) is 12.7. The molecule has 4 heteroatoms. The minimum absolute atomic E-state index is 0.715. The maximum atomic E-state index is 5.21. The highest BCUT2D eigenvalue weighted by atomic mass is 15.3. The molecule has 234 valence electrons. The van der Waals surface area contributed by atoms with E-state index in [0.717, 1.165) is 77.7 Å². The van der Waals surface area contributed by atoms with Gasteiger partial charge in [0, 0.05) is 44.7 Å². The molecule has 0 unspecified atom stereocenters. The van der Waals surface area contributed by atoms with Crippen LogP contribution in [0.4, 0.5) is 0 Å². The number of hydrogen-bond acceptors (Lipinski definition) is 3. The van der Waals surface area contributed by atoms with Gasteiger partial charge >= 0.3 is 0 Å². The smallest absolute Gasteiger partial charge is 0.227 e. The molecule has 0 amide bonds. The quantitative estimate of drug-likeness (QED) is 0.134. The molecule has 50 heavy (non-hydrogen) atoms. The van der Waals surface area contributed by atoms with E-state index in [9.17, 15) is 0 Å². The van der Waals surface area contributed by atoms with Gasteiger partial charge in [0.2, 0.25) is 11.9 Å². The third kappa shape index (κ3) is 5.59. The predicted octanol–water partition coefficient (Wildman–Crippen LogP) is 10.8. The van der Waals surface area contributed by atoms with Crippen molar-refractivity contribution in [3.63, 3.8) is 0 Å². The highest BCUT2D eigenvalue weighted by molar-refractivity contribution is 6.10. The molecule has 0 spiro atoms. The third-order valence-electron chi connectivity index (χ3n) is 9.15. The van der Waals surface area contributed by atoms with E-state index in [1.54, 1.807) is 0 Å². The van der Waals surface area contributed by atoms with Gasteiger partial charge in [-0.2, -0.15) is 0 Å². The molecule has 0 radical (unpaired) electrons. The summed E-state index contributed by atoms with van der Waals surface area (Å²) in [4.78, 5) is 10.3. The van der Waals surface area contributed by atoms with E-state index in [4.69, 9.17) is 15.1 Å². The lowest BCUT2D eigenvalue weighted by molar-refractivity contribution is -0.658. The van der Waals surface area contributed by atoms with Crippen LogP contribution in [0.2, 0.25) is 0 Å². The summed E-state index contributed by atoms with van der Waals surface area (Å²) in [5, 5.41) is 8.35. The Labute approximate surface area is 290 Å². The number of aromatic nitrogens is 4. The zero-order valence-corrected chi connectivity index (χ0v) is 27.2. The molecule has 9 rings (SSSR count). The second-order valence-corrected chi connectivity index (χ2v) is 12.4. The Bertz CT molecular complexity index is 2560. The molecule has 0 fully saturated rings. The summed E-state index contributed by atoms with van der Waals surface area (Å²) in [5.74, 6) is 0.715. The Morgan fingerprint density at radius 1 is 0.380 bits per heavy atom. The Morgan fingerprint density at radius 3 is 1.70 bits per heavy atom. The van der Waals surface area contributed by atoms with Gasteiger partial charge in [0.15, 0.2) is 5.82 Å². The minimum atomic E-state index is 0.715. The maximum absolute atomic E-state index is 5.21. The summed E-state index contributed by atoms with van der Waals surface area (Å²) in [6.07, 6.45) is 2.11. The van der Waals surface area contributed by atoms with Crippen LogP contribution in [-0.2, 0) is 0 Å². The number of hydrogen-bond donors (Lipinski definition) is 0. The number of fused-ring (bicyclic) bond motifs is 3. The summed E-state index contributed by atoms with van der Waals surface area (Å²) in [7, 11) is 0. The molecule has 7 aromatic carbocycles. The van der Waals surface area contributed by atoms with Crippen molar-refractivity contribution in [3.8, 4) is 61.8 Å². The van der Waals surface area contributed by atoms with Gasteiger partial charge < -0.3 is 0 Å². The van der Waals surface area contributed by atoms with E-state index in [-0.39, 0.29) is 0 Å². The van der Waals surface area contributed by atoms with E-state index < -0.39 is 0 Å². The predicted molar refractivity (Wildman–Crippen MR) is 204 cm³/mol. The van der Waals surface area contributed by atoms with Crippen molar-refractivity contribution in [2.75, 3.05) is 0 Å². The summed E-state index contributed by atoms with van der Waals surface area (Å²) in [6, 6.07) is 63.2. The molecule has 0 saturated carbocycles. The van der Waals surface area contributed by atoms with Gasteiger partial charge in [-0.25, -0.2) is 9.97 Å². The van der Waals surface area contributed by atoms with Crippen LogP contribution in [0.5, 0.6) is 0 Å². The molecule has 2 heterocycles. The molecular formula is C46H31N4+. The lowest BCUT2D eigenvalue weighted by Crippen LogP contribution is -2.35. The van der Waals surface area contributed by atoms with Crippen LogP contribution in [0, 0.1) is 0 Å². The molecule has 0 saturated heterocycles. The molecule has 2 aromatic heterocycles. The first kappa shape index (κ1) is 29.4. The summed E-state index contributed by atoms with van der Waals surface area (Å²) in [5.41, 5.74) is 11.3. The fourth-order valence-electron chi connectivity index (χ4n) is 6.61. The normalized spacial score (nSPS) is 11.2. The van der Waals surface area contributed by atoms with E-state index >= 15 is 0 Å². The first-order chi connectivity index (χ1) is 24.8. The summed E-state index contributed by atoms with van der Waals surface area (Å²) >= 11 is 0. The van der Waals surface area contributed by atoms with Crippen LogP contribution in [-0.4, -0.2) is 15.1 Å². The molecule has 0 bridgehead atoms. The summed E-state index contributed by atoms with van der Waals surface area (Å²) < 4.78 is 2.00. The van der Waals surface area contributed by atoms with Gasteiger partial charge in [-0.15, -0.1) is 0 Å². The maximum Gasteiger partial charge on any atom is 0.238 e. The Kier molecular flexibility index (Phi) is 7.45. The third-order valence-corrected chi connectivity index (χ3v) is 9.15. The standard InChI is InChI=1S/C46H31N4/c1-5-14-32(15-6-1)39-30-43(34-16-7-2-8-17-34)49-50(31-39)40-23-13-22-37(28-40)38-25-24-33-26-27-41-44(35-18-9-3-10-19-35)47-46(36-20-11-4-12-21-36)48-45(41)42(33)29-38/h1-31H/q+1. The molecular weight excluding hydrogens is 609 g/mol. The Balaban J connectivity index is 1.20. The zero-order valence-electron chi connectivity index (χ0n) is 27.2. The lowest BCUT2D eigenvalue weighted by atomic mass is 9.97. The zero-order chi connectivity index (χ0) is 33.3. The Morgan fingerprint density at radius 2 is 0.980 bits per heavy atom.